The second kappa shape index (κ2) is 38.3. The van der Waals surface area contributed by atoms with Gasteiger partial charge in [0.1, 0.15) is 55.4 Å². The molecule has 0 bridgehead atoms. The summed E-state index contributed by atoms with van der Waals surface area (Å²) in [5.41, 5.74) is 0. The van der Waals surface area contributed by atoms with Crippen LogP contribution in [0.1, 0.15) is 168 Å². The number of carbonyl (C=O) groups excluding carboxylic acids is 2. The second-order valence-electron chi connectivity index (χ2n) is 17.6. The summed E-state index contributed by atoms with van der Waals surface area (Å²) in [6.45, 7) is 2.49. The maximum atomic E-state index is 13.0. The Balaban J connectivity index is 1.82. The summed E-state index contributed by atoms with van der Waals surface area (Å²) >= 11 is 0. The minimum absolute atomic E-state index is 0.148. The fourth-order valence-corrected chi connectivity index (χ4v) is 7.56. The number of esters is 2. The van der Waals surface area contributed by atoms with Crippen molar-refractivity contribution in [3.63, 3.8) is 0 Å². The summed E-state index contributed by atoms with van der Waals surface area (Å²) in [6, 6.07) is 0. The third-order valence-corrected chi connectivity index (χ3v) is 11.8. The van der Waals surface area contributed by atoms with Crippen LogP contribution in [0.4, 0.5) is 0 Å². The molecule has 15 heteroatoms. The molecule has 0 radical (unpaired) electrons. The maximum Gasteiger partial charge on any atom is 0.306 e. The highest BCUT2D eigenvalue weighted by atomic mass is 16.7. The number of hydrogen-bond acceptors (Lipinski definition) is 15. The number of ether oxygens (including phenoxy) is 6. The molecule has 2 heterocycles. The number of aliphatic hydroxyl groups excluding tert-OH is 7. The Bertz CT molecular complexity index is 1340. The summed E-state index contributed by atoms with van der Waals surface area (Å²) < 4.78 is 33.5. The minimum atomic E-state index is -1.77. The number of unbranched alkanes of at least 4 members (excludes halogenated alkanes) is 16. The van der Waals surface area contributed by atoms with Crippen molar-refractivity contribution < 1.29 is 73.8 Å². The standard InChI is InChI=1S/C51H88O15/c1-3-5-7-9-11-13-15-16-17-18-19-20-21-22-24-26-28-30-32-34-43(54)64-39(36-61-42(53)33-31-29-27-25-23-14-12-10-8-6-4-2)37-62-50-49(60)47(58)45(56)41(66-50)38-63-51-48(59)46(57)44(55)40(35-52)65-51/h10-13,16-17,19-20,39-41,44-52,55-60H,3-9,14-15,18,21-38H2,1-2H3/b12-10-,13-11-,17-16-,20-19-. The van der Waals surface area contributed by atoms with Crippen LogP contribution in [0.25, 0.3) is 0 Å². The first kappa shape index (κ1) is 59.6. The number of hydrogen-bond donors (Lipinski definition) is 7. The number of aliphatic hydroxyl groups is 7. The Hall–Kier alpha value is -2.54. The lowest BCUT2D eigenvalue weighted by molar-refractivity contribution is -0.332. The summed E-state index contributed by atoms with van der Waals surface area (Å²) in [6.07, 6.45) is 24.3. The van der Waals surface area contributed by atoms with Gasteiger partial charge in [0.25, 0.3) is 0 Å². The lowest BCUT2D eigenvalue weighted by Crippen LogP contribution is -2.61. The van der Waals surface area contributed by atoms with Crippen LogP contribution >= 0.6 is 0 Å². The first-order valence-electron chi connectivity index (χ1n) is 25.2. The van der Waals surface area contributed by atoms with Crippen LogP contribution in [0.3, 0.4) is 0 Å². The van der Waals surface area contributed by atoms with Crippen molar-refractivity contribution in [3.8, 4) is 0 Å². The van der Waals surface area contributed by atoms with Crippen molar-refractivity contribution in [2.75, 3.05) is 26.4 Å². The zero-order valence-corrected chi connectivity index (χ0v) is 40.2. The fraction of sp³-hybridized carbons (Fsp3) is 0.804. The number of rotatable bonds is 38. The van der Waals surface area contributed by atoms with Gasteiger partial charge in [0.2, 0.25) is 0 Å². The lowest BCUT2D eigenvalue weighted by Gasteiger charge is -2.42. The molecule has 2 aliphatic heterocycles. The smallest absolute Gasteiger partial charge is 0.306 e. The molecule has 7 N–H and O–H groups in total. The van der Waals surface area contributed by atoms with E-state index in [-0.39, 0.29) is 19.4 Å². The molecule has 0 aromatic rings. The van der Waals surface area contributed by atoms with Gasteiger partial charge in [0.05, 0.1) is 19.8 Å². The molecule has 382 valence electrons. The normalized spacial score (nSPS) is 26.6. The van der Waals surface area contributed by atoms with E-state index in [0.29, 0.717) is 12.8 Å². The van der Waals surface area contributed by atoms with Crippen molar-refractivity contribution >= 4 is 11.9 Å². The molecule has 0 aromatic carbocycles. The van der Waals surface area contributed by atoms with Crippen LogP contribution in [0.5, 0.6) is 0 Å². The summed E-state index contributed by atoms with van der Waals surface area (Å²) in [5.74, 6) is -0.954. The summed E-state index contributed by atoms with van der Waals surface area (Å²) in [5, 5.41) is 72.0. The Labute approximate surface area is 395 Å². The molecule has 0 aliphatic carbocycles. The summed E-state index contributed by atoms with van der Waals surface area (Å²) in [7, 11) is 0. The van der Waals surface area contributed by atoms with E-state index in [9.17, 15) is 45.3 Å². The van der Waals surface area contributed by atoms with Crippen molar-refractivity contribution in [1.82, 2.24) is 0 Å². The highest BCUT2D eigenvalue weighted by Crippen LogP contribution is 2.26. The van der Waals surface area contributed by atoms with Crippen molar-refractivity contribution in [2.45, 2.75) is 235 Å². The molecule has 0 aromatic heterocycles. The van der Waals surface area contributed by atoms with Crippen molar-refractivity contribution in [2.24, 2.45) is 0 Å². The Kier molecular flexibility index (Phi) is 34.6. The van der Waals surface area contributed by atoms with E-state index < -0.39 is 99.3 Å². The summed E-state index contributed by atoms with van der Waals surface area (Å²) in [4.78, 5) is 25.7. The molecule has 0 amide bonds. The van der Waals surface area contributed by atoms with Gasteiger partial charge >= 0.3 is 11.9 Å². The third kappa shape index (κ3) is 26.3. The largest absolute Gasteiger partial charge is 0.462 e. The van der Waals surface area contributed by atoms with Crippen molar-refractivity contribution in [1.29, 1.82) is 0 Å². The van der Waals surface area contributed by atoms with Gasteiger partial charge in [-0.2, -0.15) is 0 Å². The number of allylic oxidation sites excluding steroid dienone is 8. The number of carbonyl (C=O) groups is 2. The van der Waals surface area contributed by atoms with E-state index in [1.807, 2.05) is 0 Å². The average Bonchev–Trinajstić information content (AvgIpc) is 3.31. The third-order valence-electron chi connectivity index (χ3n) is 11.8. The second-order valence-corrected chi connectivity index (χ2v) is 17.6. The van der Waals surface area contributed by atoms with Gasteiger partial charge in [-0.05, 0) is 70.6 Å². The predicted molar refractivity (Wildman–Crippen MR) is 252 cm³/mol. The average molecular weight is 941 g/mol. The SMILES string of the molecule is CCCC/C=C\CCCCCCCC(=O)OCC(COC1OC(COC2OC(CO)C(O)C(O)C2O)C(O)C(O)C1O)OC(=O)CCCCCCCC/C=C\C/C=C\C/C=C\CCCCC. The van der Waals surface area contributed by atoms with Gasteiger partial charge in [-0.1, -0.05) is 133 Å². The van der Waals surface area contributed by atoms with E-state index in [2.05, 4.69) is 62.5 Å². The lowest BCUT2D eigenvalue weighted by atomic mass is 9.98. The van der Waals surface area contributed by atoms with Gasteiger partial charge in [0.15, 0.2) is 18.7 Å². The van der Waals surface area contributed by atoms with Crippen LogP contribution in [-0.4, -0.2) is 142 Å². The van der Waals surface area contributed by atoms with Crippen LogP contribution in [0.2, 0.25) is 0 Å². The maximum absolute atomic E-state index is 13.0. The quantitative estimate of drug-likeness (QED) is 0.0194. The highest BCUT2D eigenvalue weighted by Gasteiger charge is 2.47. The Morgan fingerprint density at radius 1 is 0.485 bits per heavy atom. The van der Waals surface area contributed by atoms with Gasteiger partial charge < -0.3 is 64.2 Å². The molecular weight excluding hydrogens is 853 g/mol. The molecule has 2 saturated heterocycles. The Morgan fingerprint density at radius 3 is 1.48 bits per heavy atom. The zero-order chi connectivity index (χ0) is 48.2. The first-order valence-corrected chi connectivity index (χ1v) is 25.2. The van der Waals surface area contributed by atoms with E-state index in [1.54, 1.807) is 0 Å². The Morgan fingerprint density at radius 2 is 0.924 bits per heavy atom. The predicted octanol–water partition coefficient (Wildman–Crippen LogP) is 6.71. The molecule has 66 heavy (non-hydrogen) atoms. The highest BCUT2D eigenvalue weighted by molar-refractivity contribution is 5.70. The topological polar surface area (TPSA) is 231 Å². The van der Waals surface area contributed by atoms with Gasteiger partial charge in [-0.25, -0.2) is 0 Å². The monoisotopic (exact) mass is 941 g/mol. The molecule has 0 saturated carbocycles. The molecule has 2 rings (SSSR count). The van der Waals surface area contributed by atoms with Gasteiger partial charge in [-0.15, -0.1) is 0 Å². The van der Waals surface area contributed by atoms with E-state index in [4.69, 9.17) is 28.4 Å². The first-order chi connectivity index (χ1) is 32.0. The van der Waals surface area contributed by atoms with E-state index in [0.717, 1.165) is 89.9 Å². The molecule has 11 unspecified atom stereocenters. The molecule has 11 atom stereocenters. The van der Waals surface area contributed by atoms with Crippen LogP contribution in [0.15, 0.2) is 48.6 Å². The van der Waals surface area contributed by atoms with E-state index >= 15 is 0 Å². The van der Waals surface area contributed by atoms with Crippen molar-refractivity contribution in [3.05, 3.63) is 48.6 Å². The van der Waals surface area contributed by atoms with Gasteiger partial charge in [-0.3, -0.25) is 9.59 Å². The molecule has 0 spiro atoms. The fourth-order valence-electron chi connectivity index (χ4n) is 7.56. The molecule has 15 nitrogen and oxygen atoms in total. The minimum Gasteiger partial charge on any atom is -0.462 e. The molecular formula is C51H88O15. The van der Waals surface area contributed by atoms with Gasteiger partial charge in [0, 0.05) is 12.8 Å². The molecule has 2 fully saturated rings. The van der Waals surface area contributed by atoms with E-state index in [1.165, 1.54) is 38.5 Å². The van der Waals surface area contributed by atoms with Crippen LogP contribution in [0, 0.1) is 0 Å². The molecule has 2 aliphatic rings. The van der Waals surface area contributed by atoms with Crippen LogP contribution < -0.4 is 0 Å². The van der Waals surface area contributed by atoms with Crippen LogP contribution in [-0.2, 0) is 38.0 Å². The zero-order valence-electron chi connectivity index (χ0n) is 40.2.